The molecule has 0 unspecified atom stereocenters. The molecule has 52 heavy (non-hydrogen) atoms. The van der Waals surface area contributed by atoms with Crippen LogP contribution in [0.3, 0.4) is 0 Å². The van der Waals surface area contributed by atoms with Gasteiger partial charge in [0.05, 0.1) is 27.1 Å². The van der Waals surface area contributed by atoms with Crippen molar-refractivity contribution < 1.29 is 67.9 Å². The van der Waals surface area contributed by atoms with Gasteiger partial charge in [0.2, 0.25) is 11.8 Å². The molecule has 1 heterocycles. The molecule has 0 aliphatic carbocycles. The van der Waals surface area contributed by atoms with Crippen molar-refractivity contribution in [2.75, 3.05) is 67.1 Å². The number of amides is 2. The van der Waals surface area contributed by atoms with Crippen LogP contribution in [0.25, 0.3) is 0 Å². The molecule has 0 saturated carbocycles. The Labute approximate surface area is 308 Å². The van der Waals surface area contributed by atoms with E-state index < -0.39 is 30.0 Å². The van der Waals surface area contributed by atoms with E-state index in [9.17, 15) is 28.8 Å². The maximum absolute atomic E-state index is 12.5. The average molecular weight is 753 g/mol. The van der Waals surface area contributed by atoms with Crippen LogP contribution in [0.4, 0.5) is 0 Å². The summed E-state index contributed by atoms with van der Waals surface area (Å²) in [6.45, 7) is 19.0. The fourth-order valence-corrected chi connectivity index (χ4v) is 4.03. The Hall–Kier alpha value is -3.42. The molecule has 0 spiro atoms. The van der Waals surface area contributed by atoms with Crippen molar-refractivity contribution in [2.45, 2.75) is 112 Å². The fourth-order valence-electron chi connectivity index (χ4n) is 4.03. The molecule has 1 fully saturated rings. The third-order valence-electron chi connectivity index (χ3n) is 7.21. The second kappa shape index (κ2) is 28.1. The van der Waals surface area contributed by atoms with Gasteiger partial charge in [-0.3, -0.25) is 29.1 Å². The van der Waals surface area contributed by atoms with E-state index in [-0.39, 0.29) is 48.6 Å². The van der Waals surface area contributed by atoms with Crippen LogP contribution in [-0.2, 0) is 67.9 Å². The van der Waals surface area contributed by atoms with Crippen LogP contribution < -0.4 is 5.73 Å². The lowest BCUT2D eigenvalue weighted by Crippen LogP contribution is -2.50. The highest BCUT2D eigenvalue weighted by atomic mass is 17.2. The molecule has 1 atom stereocenters. The first kappa shape index (κ1) is 50.7. The number of hydrogen-bond donors (Lipinski definition) is 1. The summed E-state index contributed by atoms with van der Waals surface area (Å²) >= 11 is 0. The second-order valence-corrected chi connectivity index (χ2v) is 14.0. The Balaban J connectivity index is 0. The van der Waals surface area contributed by atoms with E-state index in [1.54, 1.807) is 4.90 Å². The molecule has 1 rings (SSSR count). The molecule has 0 aromatic carbocycles. The van der Waals surface area contributed by atoms with Crippen molar-refractivity contribution in [3.8, 4) is 0 Å². The standard InChI is InChI=1S/C21H36N2O8.C7H18N2.C6H10O6/c1-16(24)29-30-17(15-20(27)31-28-5)7-6-8-18(25)22-11-13-23(14-12-22)19(26)9-10-21(2,3)4;1-7(2,3)9(4)6-5-8;1-5(7)11-10-4-3-6(8)12-9-2/h17H,6-15H2,1-5H3;5-6,8H2,1-4H3;3-4H2,1-2H3/t17-;;/m1../s1. The second-order valence-electron chi connectivity index (χ2n) is 14.0. The highest BCUT2D eigenvalue weighted by Gasteiger charge is 2.26. The third kappa shape index (κ3) is 29.2. The maximum Gasteiger partial charge on any atom is 0.345 e. The largest absolute Gasteiger partial charge is 0.345 e. The van der Waals surface area contributed by atoms with Gasteiger partial charge < -0.3 is 20.4 Å². The number of rotatable bonds is 18. The van der Waals surface area contributed by atoms with Crippen molar-refractivity contribution in [3.05, 3.63) is 0 Å². The van der Waals surface area contributed by atoms with Crippen molar-refractivity contribution >= 4 is 35.7 Å². The van der Waals surface area contributed by atoms with Crippen molar-refractivity contribution in [1.82, 2.24) is 14.7 Å². The van der Waals surface area contributed by atoms with Crippen molar-refractivity contribution in [2.24, 2.45) is 11.1 Å². The smallest absolute Gasteiger partial charge is 0.339 e. The van der Waals surface area contributed by atoms with Gasteiger partial charge >= 0.3 is 23.9 Å². The van der Waals surface area contributed by atoms with Gasteiger partial charge in [-0.05, 0) is 52.5 Å². The summed E-state index contributed by atoms with van der Waals surface area (Å²) in [5.41, 5.74) is 5.76. The zero-order valence-corrected chi connectivity index (χ0v) is 33.1. The zero-order chi connectivity index (χ0) is 40.3. The van der Waals surface area contributed by atoms with Crippen LogP contribution >= 0.6 is 0 Å². The summed E-state index contributed by atoms with van der Waals surface area (Å²) in [6.07, 6.45) is 1.42. The van der Waals surface area contributed by atoms with Crippen molar-refractivity contribution in [3.63, 3.8) is 0 Å². The van der Waals surface area contributed by atoms with E-state index in [0.717, 1.165) is 19.5 Å². The molecule has 18 heteroatoms. The van der Waals surface area contributed by atoms with Crippen LogP contribution in [0.5, 0.6) is 0 Å². The molecule has 0 bridgehead atoms. The van der Waals surface area contributed by atoms with Gasteiger partial charge in [0, 0.05) is 71.5 Å². The van der Waals surface area contributed by atoms with E-state index in [0.29, 0.717) is 45.4 Å². The Morgan fingerprint density at radius 2 is 1.23 bits per heavy atom. The van der Waals surface area contributed by atoms with Crippen LogP contribution in [-0.4, -0.2) is 129 Å². The van der Waals surface area contributed by atoms with Gasteiger partial charge in [0.15, 0.2) is 0 Å². The van der Waals surface area contributed by atoms with E-state index in [1.807, 2.05) is 4.90 Å². The monoisotopic (exact) mass is 752 g/mol. The maximum atomic E-state index is 12.5. The number of carbonyl (C=O) groups excluding carboxylic acids is 6. The molecule has 1 saturated heterocycles. The highest BCUT2D eigenvalue weighted by Crippen LogP contribution is 2.21. The topological polar surface area (TPSA) is 212 Å². The summed E-state index contributed by atoms with van der Waals surface area (Å²) in [7, 11) is 4.51. The van der Waals surface area contributed by atoms with Crippen LogP contribution in [0.15, 0.2) is 0 Å². The Morgan fingerprint density at radius 1 is 0.731 bits per heavy atom. The first-order valence-corrected chi connectivity index (χ1v) is 17.2. The van der Waals surface area contributed by atoms with E-state index in [2.05, 4.69) is 87.7 Å². The predicted molar refractivity (Wildman–Crippen MR) is 187 cm³/mol. The SMILES string of the molecule is CN(CCN)C(C)(C)C.COOC(=O)CCOOC(C)=O.COOC(=O)C[C@@H](CCCC(=O)N1CCN(C(=O)CCC(C)(C)C)CC1)OOC(C)=O. The number of piperazine rings is 1. The van der Waals surface area contributed by atoms with Crippen LogP contribution in [0.2, 0.25) is 0 Å². The average Bonchev–Trinajstić information content (AvgIpc) is 3.04. The Bertz CT molecular complexity index is 1050. The summed E-state index contributed by atoms with van der Waals surface area (Å²) in [6, 6.07) is 0. The lowest BCUT2D eigenvalue weighted by Gasteiger charge is -2.35. The molecule has 0 aromatic heterocycles. The molecular formula is C34H64N4O14. The van der Waals surface area contributed by atoms with E-state index in [4.69, 9.17) is 10.6 Å². The summed E-state index contributed by atoms with van der Waals surface area (Å²) in [5, 5.41) is 0. The first-order valence-electron chi connectivity index (χ1n) is 17.2. The van der Waals surface area contributed by atoms with E-state index in [1.165, 1.54) is 28.1 Å². The fraction of sp³-hybridized carbons (Fsp3) is 0.824. The third-order valence-corrected chi connectivity index (χ3v) is 7.21. The zero-order valence-electron chi connectivity index (χ0n) is 33.1. The van der Waals surface area contributed by atoms with E-state index >= 15 is 0 Å². The molecule has 2 amide bonds. The predicted octanol–water partition coefficient (Wildman–Crippen LogP) is 2.66. The lowest BCUT2D eigenvalue weighted by molar-refractivity contribution is -0.303. The van der Waals surface area contributed by atoms with Gasteiger partial charge in [0.25, 0.3) is 0 Å². The molecule has 2 N–H and O–H groups in total. The minimum Gasteiger partial charge on any atom is -0.339 e. The first-order chi connectivity index (χ1) is 24.2. The number of nitrogens with two attached hydrogens (primary N) is 1. The quantitative estimate of drug-likeness (QED) is 0.121. The minimum absolute atomic E-state index is 0.0208. The number of nitrogens with zero attached hydrogens (tertiary/aromatic N) is 3. The highest BCUT2D eigenvalue weighted by molar-refractivity contribution is 5.78. The number of hydrogen-bond acceptors (Lipinski definition) is 16. The summed E-state index contributed by atoms with van der Waals surface area (Å²) < 4.78 is 0. The van der Waals surface area contributed by atoms with Crippen LogP contribution in [0, 0.1) is 5.41 Å². The molecule has 1 aliphatic rings. The molecule has 0 radical (unpaired) electrons. The molecule has 304 valence electrons. The van der Waals surface area contributed by atoms with Gasteiger partial charge in [-0.2, -0.15) is 19.6 Å². The molecule has 1 aliphatic heterocycles. The molecular weight excluding hydrogens is 688 g/mol. The number of likely N-dealkylation sites (N-methyl/N-ethyl adjacent to an activating group) is 1. The van der Waals surface area contributed by atoms with Crippen molar-refractivity contribution in [1.29, 1.82) is 0 Å². The lowest BCUT2D eigenvalue weighted by atomic mass is 9.90. The normalized spacial score (nSPS) is 13.5. The summed E-state index contributed by atoms with van der Waals surface area (Å²) in [5.74, 6) is -2.36. The molecule has 0 aromatic rings. The summed E-state index contributed by atoms with van der Waals surface area (Å²) in [4.78, 5) is 108. The van der Waals surface area contributed by atoms with Gasteiger partial charge in [-0.1, -0.05) is 20.8 Å². The van der Waals surface area contributed by atoms with Gasteiger partial charge in [0.1, 0.15) is 12.7 Å². The Kier molecular flexibility index (Phi) is 27.4. The Morgan fingerprint density at radius 3 is 1.65 bits per heavy atom. The van der Waals surface area contributed by atoms with Gasteiger partial charge in [-0.25, -0.2) is 19.2 Å². The minimum atomic E-state index is -0.739. The van der Waals surface area contributed by atoms with Crippen LogP contribution in [0.1, 0.15) is 100 Å². The number of carbonyl (C=O) groups is 6. The van der Waals surface area contributed by atoms with Gasteiger partial charge in [-0.15, -0.1) is 0 Å². The molecule has 18 nitrogen and oxygen atoms in total.